The second-order valence-corrected chi connectivity index (χ2v) is 2.96. The Morgan fingerprint density at radius 3 is 2.93 bits per heavy atom. The summed E-state index contributed by atoms with van der Waals surface area (Å²) < 4.78 is 6.27. The van der Waals surface area contributed by atoms with Crippen molar-refractivity contribution in [2.24, 2.45) is 0 Å². The quantitative estimate of drug-likeness (QED) is 0.534. The second kappa shape index (κ2) is 3.54. The molecule has 3 heteroatoms. The summed E-state index contributed by atoms with van der Waals surface area (Å²) in [6.45, 7) is 2.53. The van der Waals surface area contributed by atoms with Crippen molar-refractivity contribution in [3.63, 3.8) is 0 Å². The van der Waals surface area contributed by atoms with Crippen LogP contribution in [0.3, 0.4) is 0 Å². The minimum absolute atomic E-state index is 0.604. The molecular weight excluding hydrogens is 178 g/mol. The van der Waals surface area contributed by atoms with E-state index < -0.39 is 0 Å². The van der Waals surface area contributed by atoms with Gasteiger partial charge in [0, 0.05) is 12.1 Å². The molecule has 0 aliphatic heterocycles. The topological polar surface area (TPSA) is 36.2 Å². The van der Waals surface area contributed by atoms with Gasteiger partial charge in [-0.3, -0.25) is 0 Å². The first-order valence-electron chi connectivity index (χ1n) is 4.56. The number of ether oxygens (including phenoxy) is 1. The smallest absolute Gasteiger partial charge is 0.227 e. The zero-order valence-electron chi connectivity index (χ0n) is 7.93. The molecule has 0 atom stereocenters. The van der Waals surface area contributed by atoms with E-state index in [0.29, 0.717) is 12.1 Å². The van der Waals surface area contributed by atoms with Crippen molar-refractivity contribution in [2.75, 3.05) is 6.61 Å². The van der Waals surface area contributed by atoms with E-state index in [2.05, 4.69) is 0 Å². The van der Waals surface area contributed by atoms with Gasteiger partial charge in [-0.2, -0.15) is 4.73 Å². The van der Waals surface area contributed by atoms with E-state index in [-0.39, 0.29) is 0 Å². The molecular formula is C11H11NO2. The lowest BCUT2D eigenvalue weighted by molar-refractivity contribution is -0.577. The van der Waals surface area contributed by atoms with Crippen molar-refractivity contribution in [3.8, 4) is 5.75 Å². The van der Waals surface area contributed by atoms with Gasteiger partial charge in [-0.15, -0.1) is 0 Å². The molecule has 0 spiro atoms. The molecule has 0 fully saturated rings. The monoisotopic (exact) mass is 189 g/mol. The van der Waals surface area contributed by atoms with E-state index in [1.165, 1.54) is 6.20 Å². The van der Waals surface area contributed by atoms with Gasteiger partial charge in [-0.05, 0) is 19.1 Å². The molecule has 1 aromatic heterocycles. The van der Waals surface area contributed by atoms with Crippen molar-refractivity contribution in [3.05, 3.63) is 41.7 Å². The Balaban J connectivity index is 2.68. The molecule has 1 aromatic carbocycles. The van der Waals surface area contributed by atoms with Crippen LogP contribution in [0.1, 0.15) is 6.92 Å². The van der Waals surface area contributed by atoms with Crippen LogP contribution < -0.4 is 9.47 Å². The number of rotatable bonds is 2. The maximum Gasteiger partial charge on any atom is 0.227 e. The van der Waals surface area contributed by atoms with Crippen LogP contribution in [-0.4, -0.2) is 6.61 Å². The lowest BCUT2D eigenvalue weighted by Gasteiger charge is -2.06. The first-order chi connectivity index (χ1) is 6.83. The van der Waals surface area contributed by atoms with E-state index in [1.807, 2.05) is 25.1 Å². The van der Waals surface area contributed by atoms with Gasteiger partial charge >= 0.3 is 0 Å². The Hall–Kier alpha value is -1.77. The predicted octanol–water partition coefficient (Wildman–Crippen LogP) is 1.87. The zero-order chi connectivity index (χ0) is 9.97. The van der Waals surface area contributed by atoms with E-state index in [9.17, 15) is 5.21 Å². The lowest BCUT2D eigenvalue weighted by Crippen LogP contribution is -2.25. The standard InChI is InChI=1S/C11H11NO2/c1-2-14-11-7-3-6-10-9(11)5-4-8-12(10)13/h3-8H,2H2,1H3. The molecule has 2 aromatic rings. The first-order valence-corrected chi connectivity index (χ1v) is 4.56. The third kappa shape index (κ3) is 1.37. The SMILES string of the molecule is CCOc1cccc2c1ccc[n+]2[O-]. The van der Waals surface area contributed by atoms with Crippen molar-refractivity contribution in [1.29, 1.82) is 0 Å². The van der Waals surface area contributed by atoms with Gasteiger partial charge in [0.2, 0.25) is 5.52 Å². The molecule has 0 aliphatic carbocycles. The molecule has 2 rings (SSSR count). The van der Waals surface area contributed by atoms with Crippen molar-refractivity contribution in [1.82, 2.24) is 0 Å². The molecule has 0 amide bonds. The second-order valence-electron chi connectivity index (χ2n) is 2.96. The van der Waals surface area contributed by atoms with Crippen LogP contribution in [0.2, 0.25) is 0 Å². The normalized spacial score (nSPS) is 10.4. The largest absolute Gasteiger partial charge is 0.618 e. The van der Waals surface area contributed by atoms with E-state index in [4.69, 9.17) is 4.74 Å². The number of hydrogen-bond donors (Lipinski definition) is 0. The first kappa shape index (κ1) is 8.81. The average Bonchev–Trinajstić information content (AvgIpc) is 2.20. The van der Waals surface area contributed by atoms with Crippen LogP contribution in [0.4, 0.5) is 0 Å². The zero-order valence-corrected chi connectivity index (χ0v) is 7.93. The number of benzene rings is 1. The molecule has 14 heavy (non-hydrogen) atoms. The average molecular weight is 189 g/mol. The molecule has 3 nitrogen and oxygen atoms in total. The van der Waals surface area contributed by atoms with E-state index in [0.717, 1.165) is 15.9 Å². The van der Waals surface area contributed by atoms with Crippen LogP contribution >= 0.6 is 0 Å². The Labute approximate surface area is 82.1 Å². The predicted molar refractivity (Wildman–Crippen MR) is 54.1 cm³/mol. The molecule has 0 aliphatic rings. The Bertz CT molecular complexity index is 454. The molecule has 72 valence electrons. The highest BCUT2D eigenvalue weighted by Gasteiger charge is 2.06. The lowest BCUT2D eigenvalue weighted by atomic mass is 10.2. The molecule has 0 saturated carbocycles. The summed E-state index contributed by atoms with van der Waals surface area (Å²) in [5, 5.41) is 12.2. The summed E-state index contributed by atoms with van der Waals surface area (Å²) in [6.07, 6.45) is 1.48. The van der Waals surface area contributed by atoms with Crippen molar-refractivity contribution >= 4 is 10.9 Å². The van der Waals surface area contributed by atoms with Gasteiger partial charge in [0.25, 0.3) is 0 Å². The molecule has 0 bridgehead atoms. The minimum atomic E-state index is 0.604. The Morgan fingerprint density at radius 2 is 2.14 bits per heavy atom. The van der Waals surface area contributed by atoms with E-state index in [1.54, 1.807) is 12.1 Å². The van der Waals surface area contributed by atoms with Crippen LogP contribution in [0.15, 0.2) is 36.5 Å². The van der Waals surface area contributed by atoms with E-state index >= 15 is 0 Å². The van der Waals surface area contributed by atoms with Gasteiger partial charge in [-0.25, -0.2) is 0 Å². The maximum absolute atomic E-state index is 11.4. The van der Waals surface area contributed by atoms with Crippen LogP contribution in [-0.2, 0) is 0 Å². The summed E-state index contributed by atoms with van der Waals surface area (Å²) in [5.74, 6) is 0.759. The van der Waals surface area contributed by atoms with Crippen LogP contribution in [0.25, 0.3) is 10.9 Å². The Kier molecular flexibility index (Phi) is 2.23. The van der Waals surface area contributed by atoms with Crippen molar-refractivity contribution < 1.29 is 9.47 Å². The summed E-state index contributed by atoms with van der Waals surface area (Å²) in [7, 11) is 0. The minimum Gasteiger partial charge on any atom is -0.618 e. The van der Waals surface area contributed by atoms with Gasteiger partial charge in [0.1, 0.15) is 5.75 Å². The number of pyridine rings is 1. The summed E-state index contributed by atoms with van der Waals surface area (Å²) in [6, 6.07) is 9.07. The third-order valence-electron chi connectivity index (χ3n) is 2.06. The third-order valence-corrected chi connectivity index (χ3v) is 2.06. The summed E-state index contributed by atoms with van der Waals surface area (Å²) in [5.41, 5.74) is 0.637. The number of hydrogen-bond acceptors (Lipinski definition) is 2. The summed E-state index contributed by atoms with van der Waals surface area (Å²) in [4.78, 5) is 0. The van der Waals surface area contributed by atoms with Gasteiger partial charge in [0.05, 0.1) is 12.0 Å². The van der Waals surface area contributed by atoms with Gasteiger partial charge in [-0.1, -0.05) is 6.07 Å². The highest BCUT2D eigenvalue weighted by molar-refractivity contribution is 5.82. The van der Waals surface area contributed by atoms with Crippen LogP contribution in [0.5, 0.6) is 5.75 Å². The highest BCUT2D eigenvalue weighted by Crippen LogP contribution is 2.22. The molecule has 1 heterocycles. The van der Waals surface area contributed by atoms with Gasteiger partial charge in [0.15, 0.2) is 6.20 Å². The summed E-state index contributed by atoms with van der Waals surface area (Å²) >= 11 is 0. The fourth-order valence-electron chi connectivity index (χ4n) is 1.47. The number of aromatic nitrogens is 1. The molecule has 0 unspecified atom stereocenters. The fourth-order valence-corrected chi connectivity index (χ4v) is 1.47. The maximum atomic E-state index is 11.4. The number of nitrogens with zero attached hydrogens (tertiary/aromatic N) is 1. The van der Waals surface area contributed by atoms with Gasteiger partial charge < -0.3 is 9.94 Å². The molecule has 0 N–H and O–H groups in total. The van der Waals surface area contributed by atoms with Crippen molar-refractivity contribution in [2.45, 2.75) is 6.92 Å². The fraction of sp³-hybridized carbons (Fsp3) is 0.182. The molecule has 0 radical (unpaired) electrons. The molecule has 0 saturated heterocycles. The Morgan fingerprint density at radius 1 is 1.29 bits per heavy atom. The van der Waals surface area contributed by atoms with Crippen LogP contribution in [0, 0.1) is 5.21 Å². The highest BCUT2D eigenvalue weighted by atomic mass is 16.5. The number of fused-ring (bicyclic) bond motifs is 1.